The summed E-state index contributed by atoms with van der Waals surface area (Å²) in [5.41, 5.74) is 8.90. The minimum Gasteiger partial charge on any atom is -0.345 e. The Hall–Kier alpha value is -0.770. The van der Waals surface area contributed by atoms with E-state index in [4.69, 9.17) is 5.73 Å². The van der Waals surface area contributed by atoms with Crippen molar-refractivity contribution in [1.82, 2.24) is 9.97 Å². The number of hydrogen-bond donors (Lipinski definition) is 2. The Morgan fingerprint density at radius 2 is 2.07 bits per heavy atom. The number of rotatable bonds is 1. The molecule has 0 radical (unpaired) electrons. The third-order valence-electron chi connectivity index (χ3n) is 1.97. The third-order valence-corrected chi connectivity index (χ3v) is 1.97. The molecule has 0 aliphatic rings. The molecule has 0 amide bonds. The Labute approximate surface area is 94.9 Å². The van der Waals surface area contributed by atoms with Gasteiger partial charge in [-0.05, 0) is 24.6 Å². The van der Waals surface area contributed by atoms with Crippen LogP contribution in [0.25, 0.3) is 11.0 Å². The number of aromatic nitrogens is 2. The van der Waals surface area contributed by atoms with Crippen molar-refractivity contribution in [2.75, 3.05) is 0 Å². The van der Waals surface area contributed by atoms with Crippen LogP contribution in [-0.2, 0) is 0 Å². The number of nitrogens with one attached hydrogen (secondary N) is 1. The number of imidazole rings is 1. The maximum atomic E-state index is 5.74. The number of H-pyrrole nitrogens is 1. The van der Waals surface area contributed by atoms with Gasteiger partial charge in [0.2, 0.25) is 0 Å². The van der Waals surface area contributed by atoms with Gasteiger partial charge in [0.05, 0.1) is 17.4 Å². The highest BCUT2D eigenvalue weighted by Crippen LogP contribution is 2.15. The Balaban J connectivity index is 0.000000845. The molecule has 2 rings (SSSR count). The molecule has 0 fully saturated rings. The molecule has 0 bridgehead atoms. The number of halogens is 2. The molecule has 1 atom stereocenters. The van der Waals surface area contributed by atoms with Crippen LogP contribution in [0.3, 0.4) is 0 Å². The van der Waals surface area contributed by atoms with E-state index in [1.807, 2.05) is 25.1 Å². The van der Waals surface area contributed by atoms with E-state index in [1.165, 1.54) is 0 Å². The molecular weight excluding hydrogens is 221 g/mol. The van der Waals surface area contributed by atoms with Crippen LogP contribution in [0.15, 0.2) is 24.5 Å². The highest BCUT2D eigenvalue weighted by Gasteiger charge is 2.01. The Bertz CT molecular complexity index is 398. The van der Waals surface area contributed by atoms with E-state index in [0.717, 1.165) is 16.6 Å². The van der Waals surface area contributed by atoms with E-state index in [9.17, 15) is 0 Å². The maximum Gasteiger partial charge on any atom is 0.0931 e. The highest BCUT2D eigenvalue weighted by atomic mass is 35.5. The molecular formula is C9H13Cl2N3. The van der Waals surface area contributed by atoms with Gasteiger partial charge in [-0.25, -0.2) is 4.98 Å². The SMILES string of the molecule is CC(N)c1ccc2nc[nH]c2c1.Cl.Cl. The largest absolute Gasteiger partial charge is 0.345 e. The number of hydrogen-bond acceptors (Lipinski definition) is 2. The molecule has 14 heavy (non-hydrogen) atoms. The second-order valence-corrected chi connectivity index (χ2v) is 2.97. The fourth-order valence-electron chi connectivity index (χ4n) is 1.24. The first-order valence-corrected chi connectivity index (χ1v) is 3.96. The molecule has 2 aromatic rings. The van der Waals surface area contributed by atoms with Gasteiger partial charge >= 0.3 is 0 Å². The second-order valence-electron chi connectivity index (χ2n) is 2.97. The molecule has 5 heteroatoms. The lowest BCUT2D eigenvalue weighted by Gasteiger charge is -2.03. The van der Waals surface area contributed by atoms with E-state index in [-0.39, 0.29) is 30.9 Å². The number of nitrogens with two attached hydrogens (primary N) is 1. The first-order chi connectivity index (χ1) is 5.77. The van der Waals surface area contributed by atoms with Crippen LogP contribution in [0.2, 0.25) is 0 Å². The summed E-state index contributed by atoms with van der Waals surface area (Å²) < 4.78 is 0. The van der Waals surface area contributed by atoms with Crippen molar-refractivity contribution in [3.63, 3.8) is 0 Å². The van der Waals surface area contributed by atoms with E-state index < -0.39 is 0 Å². The summed E-state index contributed by atoms with van der Waals surface area (Å²) in [6, 6.07) is 6.10. The molecule has 1 aromatic heterocycles. The molecule has 3 N–H and O–H groups in total. The van der Waals surface area contributed by atoms with Gasteiger partial charge in [0.1, 0.15) is 0 Å². The summed E-state index contributed by atoms with van der Waals surface area (Å²) in [5.74, 6) is 0. The first-order valence-electron chi connectivity index (χ1n) is 3.96. The van der Waals surface area contributed by atoms with Crippen LogP contribution < -0.4 is 5.73 Å². The minimum atomic E-state index is 0. The van der Waals surface area contributed by atoms with Crippen LogP contribution in [-0.4, -0.2) is 9.97 Å². The number of nitrogens with zero attached hydrogens (tertiary/aromatic N) is 1. The van der Waals surface area contributed by atoms with Crippen LogP contribution in [0, 0.1) is 0 Å². The predicted molar refractivity (Wildman–Crippen MR) is 63.2 cm³/mol. The van der Waals surface area contributed by atoms with E-state index in [1.54, 1.807) is 6.33 Å². The number of aromatic amines is 1. The first kappa shape index (κ1) is 13.2. The van der Waals surface area contributed by atoms with Gasteiger partial charge in [-0.15, -0.1) is 24.8 Å². The van der Waals surface area contributed by atoms with Crippen molar-refractivity contribution >= 4 is 35.8 Å². The van der Waals surface area contributed by atoms with Gasteiger partial charge < -0.3 is 10.7 Å². The van der Waals surface area contributed by atoms with Crippen molar-refractivity contribution < 1.29 is 0 Å². The summed E-state index contributed by atoms with van der Waals surface area (Å²) in [6.07, 6.45) is 1.69. The molecule has 0 saturated heterocycles. The van der Waals surface area contributed by atoms with Crippen LogP contribution in [0.1, 0.15) is 18.5 Å². The average molecular weight is 234 g/mol. The molecule has 0 spiro atoms. The second kappa shape index (κ2) is 5.20. The van der Waals surface area contributed by atoms with Gasteiger partial charge in [0.25, 0.3) is 0 Å². The summed E-state index contributed by atoms with van der Waals surface area (Å²) >= 11 is 0. The third kappa shape index (κ3) is 2.38. The monoisotopic (exact) mass is 233 g/mol. The van der Waals surface area contributed by atoms with E-state index in [0.29, 0.717) is 0 Å². The molecule has 0 saturated carbocycles. The Kier molecular flexibility index (Phi) is 4.91. The van der Waals surface area contributed by atoms with Crippen LogP contribution >= 0.6 is 24.8 Å². The zero-order chi connectivity index (χ0) is 8.55. The standard InChI is InChI=1S/C9H11N3.2ClH/c1-6(10)7-2-3-8-9(4-7)12-5-11-8;;/h2-6H,10H2,1H3,(H,11,12);2*1H. The van der Waals surface area contributed by atoms with Gasteiger partial charge in [-0.3, -0.25) is 0 Å². The maximum absolute atomic E-state index is 5.74. The number of benzene rings is 1. The summed E-state index contributed by atoms with van der Waals surface area (Å²) in [5, 5.41) is 0. The smallest absolute Gasteiger partial charge is 0.0931 e. The van der Waals surface area contributed by atoms with E-state index in [2.05, 4.69) is 9.97 Å². The van der Waals surface area contributed by atoms with Crippen molar-refractivity contribution in [1.29, 1.82) is 0 Å². The lowest BCUT2D eigenvalue weighted by molar-refractivity contribution is 0.819. The summed E-state index contributed by atoms with van der Waals surface area (Å²) in [7, 11) is 0. The molecule has 1 aromatic carbocycles. The fraction of sp³-hybridized carbons (Fsp3) is 0.222. The normalized spacial score (nSPS) is 11.6. The number of fused-ring (bicyclic) bond motifs is 1. The lowest BCUT2D eigenvalue weighted by atomic mass is 10.1. The van der Waals surface area contributed by atoms with E-state index >= 15 is 0 Å². The fourth-order valence-corrected chi connectivity index (χ4v) is 1.24. The zero-order valence-electron chi connectivity index (χ0n) is 7.73. The Morgan fingerprint density at radius 3 is 2.71 bits per heavy atom. The van der Waals surface area contributed by atoms with Gasteiger partial charge in [0.15, 0.2) is 0 Å². The molecule has 1 unspecified atom stereocenters. The van der Waals surface area contributed by atoms with Crippen molar-refractivity contribution in [3.8, 4) is 0 Å². The lowest BCUT2D eigenvalue weighted by Crippen LogP contribution is -2.04. The summed E-state index contributed by atoms with van der Waals surface area (Å²) in [6.45, 7) is 1.97. The Morgan fingerprint density at radius 1 is 1.36 bits per heavy atom. The molecule has 0 aliphatic heterocycles. The van der Waals surface area contributed by atoms with Gasteiger partial charge in [0, 0.05) is 6.04 Å². The topological polar surface area (TPSA) is 54.7 Å². The van der Waals surface area contributed by atoms with Crippen LogP contribution in [0.4, 0.5) is 0 Å². The van der Waals surface area contributed by atoms with Crippen molar-refractivity contribution in [3.05, 3.63) is 30.1 Å². The average Bonchev–Trinajstić information content (AvgIpc) is 2.49. The molecule has 0 aliphatic carbocycles. The van der Waals surface area contributed by atoms with Crippen LogP contribution in [0.5, 0.6) is 0 Å². The predicted octanol–water partition coefficient (Wildman–Crippen LogP) is 2.43. The molecule has 78 valence electrons. The minimum absolute atomic E-state index is 0. The van der Waals surface area contributed by atoms with Crippen molar-refractivity contribution in [2.45, 2.75) is 13.0 Å². The van der Waals surface area contributed by atoms with Gasteiger partial charge in [-0.2, -0.15) is 0 Å². The quantitative estimate of drug-likeness (QED) is 0.796. The summed E-state index contributed by atoms with van der Waals surface area (Å²) in [4.78, 5) is 7.17. The zero-order valence-corrected chi connectivity index (χ0v) is 9.36. The van der Waals surface area contributed by atoms with Crippen molar-refractivity contribution in [2.24, 2.45) is 5.73 Å². The van der Waals surface area contributed by atoms with Gasteiger partial charge in [-0.1, -0.05) is 6.07 Å². The molecule has 1 heterocycles. The highest BCUT2D eigenvalue weighted by molar-refractivity contribution is 5.85. The molecule has 3 nitrogen and oxygen atoms in total.